The second-order valence-electron chi connectivity index (χ2n) is 4.22. The summed E-state index contributed by atoms with van der Waals surface area (Å²) in [5.41, 5.74) is -1.19. The van der Waals surface area contributed by atoms with E-state index in [2.05, 4.69) is 15.9 Å². The van der Waals surface area contributed by atoms with Crippen LogP contribution in [0.3, 0.4) is 0 Å². The molecule has 0 saturated carbocycles. The molecule has 1 aliphatic rings. The number of carbonyl (C=O) groups excluding carboxylic acids is 1. The molecule has 1 heterocycles. The second kappa shape index (κ2) is 5.20. The zero-order valence-electron chi connectivity index (χ0n) is 9.61. The number of rotatable bonds is 3. The lowest BCUT2D eigenvalue weighted by molar-refractivity contribution is -0.384. The predicted molar refractivity (Wildman–Crippen MR) is 67.3 cm³/mol. The molecule has 0 spiro atoms. The number of amides is 1. The Morgan fingerprint density at radius 2 is 2.16 bits per heavy atom. The van der Waals surface area contributed by atoms with Crippen molar-refractivity contribution in [1.29, 1.82) is 0 Å². The fraction of sp³-hybridized carbons (Fsp3) is 0.364. The monoisotopic (exact) mass is 334 g/mol. The van der Waals surface area contributed by atoms with E-state index in [4.69, 9.17) is 0 Å². The van der Waals surface area contributed by atoms with Crippen molar-refractivity contribution < 1.29 is 18.5 Å². The Morgan fingerprint density at radius 1 is 1.47 bits per heavy atom. The normalized spacial score (nSPS) is 19.0. The van der Waals surface area contributed by atoms with Gasteiger partial charge in [-0.05, 0) is 12.0 Å². The van der Waals surface area contributed by atoms with Crippen LogP contribution >= 0.6 is 15.9 Å². The average molecular weight is 335 g/mol. The van der Waals surface area contributed by atoms with Crippen LogP contribution in [0.15, 0.2) is 12.1 Å². The summed E-state index contributed by atoms with van der Waals surface area (Å²) in [6, 6.07) is 1.54. The van der Waals surface area contributed by atoms with E-state index >= 15 is 0 Å². The predicted octanol–water partition coefficient (Wildman–Crippen LogP) is 2.62. The molecule has 0 aromatic heterocycles. The van der Waals surface area contributed by atoms with Crippen molar-refractivity contribution in [3.63, 3.8) is 0 Å². The molecule has 1 saturated heterocycles. The number of nitro groups is 1. The molecule has 1 aromatic carbocycles. The van der Waals surface area contributed by atoms with Gasteiger partial charge < -0.3 is 4.90 Å². The van der Waals surface area contributed by atoms with Crippen molar-refractivity contribution in [3.05, 3.63) is 33.9 Å². The highest BCUT2D eigenvalue weighted by atomic mass is 79.9. The van der Waals surface area contributed by atoms with Gasteiger partial charge in [-0.1, -0.05) is 15.9 Å². The number of nitrogens with zero attached hydrogens (tertiary/aromatic N) is 2. The summed E-state index contributed by atoms with van der Waals surface area (Å²) in [5, 5.41) is 11.4. The van der Waals surface area contributed by atoms with Crippen molar-refractivity contribution in [2.45, 2.75) is 6.42 Å². The molecule has 0 N–H and O–H groups in total. The smallest absolute Gasteiger partial charge is 0.296 e. The molecule has 1 aromatic rings. The summed E-state index contributed by atoms with van der Waals surface area (Å²) in [6.07, 6.45) is 0.151. The molecular weight excluding hydrogens is 326 g/mol. The molecular formula is C11H9BrF2N2O3. The molecule has 0 radical (unpaired) electrons. The third-order valence-electron chi connectivity index (χ3n) is 2.94. The highest BCUT2D eigenvalue weighted by Crippen LogP contribution is 2.36. The maximum absolute atomic E-state index is 13.8. The summed E-state index contributed by atoms with van der Waals surface area (Å²) in [4.78, 5) is 22.8. The van der Waals surface area contributed by atoms with Crippen molar-refractivity contribution in [1.82, 2.24) is 0 Å². The standard InChI is InChI=1S/C11H9BrF2N2O3/c12-4-6-3-9(17)15(5-6)11-8(16(18)19)2-1-7(13)10(11)14/h1-2,6H,3-5H2. The van der Waals surface area contributed by atoms with Gasteiger partial charge in [-0.3, -0.25) is 14.9 Å². The number of benzene rings is 1. The van der Waals surface area contributed by atoms with E-state index in [1.807, 2.05) is 0 Å². The minimum absolute atomic E-state index is 0.0743. The van der Waals surface area contributed by atoms with Gasteiger partial charge >= 0.3 is 0 Å². The first-order valence-electron chi connectivity index (χ1n) is 5.44. The van der Waals surface area contributed by atoms with Crippen molar-refractivity contribution in [3.8, 4) is 0 Å². The lowest BCUT2D eigenvalue weighted by atomic mass is 10.2. The first-order chi connectivity index (χ1) is 8.95. The number of hydrogen-bond donors (Lipinski definition) is 0. The summed E-state index contributed by atoms with van der Waals surface area (Å²) < 4.78 is 27.0. The first-order valence-corrected chi connectivity index (χ1v) is 6.56. The largest absolute Gasteiger partial charge is 0.304 e. The van der Waals surface area contributed by atoms with Crippen LogP contribution in [0.1, 0.15) is 6.42 Å². The Bertz CT molecular complexity index is 553. The summed E-state index contributed by atoms with van der Waals surface area (Å²) in [5.74, 6) is -3.10. The van der Waals surface area contributed by atoms with Crippen LogP contribution in [0, 0.1) is 27.7 Å². The number of alkyl halides is 1. The number of hydrogen-bond acceptors (Lipinski definition) is 3. The van der Waals surface area contributed by atoms with E-state index in [1.54, 1.807) is 0 Å². The van der Waals surface area contributed by atoms with E-state index in [0.29, 0.717) is 11.4 Å². The molecule has 1 amide bonds. The zero-order chi connectivity index (χ0) is 14.2. The molecule has 1 atom stereocenters. The number of anilines is 1. The lowest BCUT2D eigenvalue weighted by Crippen LogP contribution is -2.27. The summed E-state index contributed by atoms with van der Waals surface area (Å²) >= 11 is 3.20. The van der Waals surface area contributed by atoms with Gasteiger partial charge in [0.2, 0.25) is 5.91 Å². The molecule has 0 bridgehead atoms. The Morgan fingerprint density at radius 3 is 2.68 bits per heavy atom. The van der Waals surface area contributed by atoms with Gasteiger partial charge in [-0.25, -0.2) is 8.78 Å². The Labute approximate surface area is 115 Å². The molecule has 1 fully saturated rings. The highest BCUT2D eigenvalue weighted by molar-refractivity contribution is 9.09. The number of carbonyl (C=O) groups is 1. The molecule has 0 aliphatic carbocycles. The van der Waals surface area contributed by atoms with Gasteiger partial charge in [-0.15, -0.1) is 0 Å². The van der Waals surface area contributed by atoms with Gasteiger partial charge in [0.05, 0.1) is 4.92 Å². The molecule has 19 heavy (non-hydrogen) atoms. The average Bonchev–Trinajstić information content (AvgIpc) is 2.73. The van der Waals surface area contributed by atoms with Crippen molar-refractivity contribution in [2.75, 3.05) is 16.8 Å². The summed E-state index contributed by atoms with van der Waals surface area (Å²) in [7, 11) is 0. The van der Waals surface area contributed by atoms with E-state index in [1.165, 1.54) is 0 Å². The SMILES string of the molecule is O=C1CC(CBr)CN1c1c([N+](=O)[O-])ccc(F)c1F. The molecule has 5 nitrogen and oxygen atoms in total. The number of halogens is 3. The molecule has 1 unspecified atom stereocenters. The van der Waals surface area contributed by atoms with Crippen molar-refractivity contribution in [2.24, 2.45) is 5.92 Å². The van der Waals surface area contributed by atoms with Gasteiger partial charge in [0, 0.05) is 24.4 Å². The van der Waals surface area contributed by atoms with Crippen molar-refractivity contribution >= 4 is 33.2 Å². The Kier molecular flexibility index (Phi) is 3.79. The Hall–Kier alpha value is -1.57. The zero-order valence-corrected chi connectivity index (χ0v) is 11.2. The first kappa shape index (κ1) is 13.9. The maximum atomic E-state index is 13.8. The summed E-state index contributed by atoms with van der Waals surface area (Å²) in [6.45, 7) is 0.130. The third-order valence-corrected chi connectivity index (χ3v) is 3.85. The second-order valence-corrected chi connectivity index (χ2v) is 4.86. The lowest BCUT2D eigenvalue weighted by Gasteiger charge is -2.17. The van der Waals surface area contributed by atoms with E-state index < -0.39 is 33.8 Å². The van der Waals surface area contributed by atoms with E-state index in [0.717, 1.165) is 11.0 Å². The topological polar surface area (TPSA) is 63.5 Å². The van der Waals surface area contributed by atoms with Crippen LogP contribution in [-0.4, -0.2) is 22.7 Å². The Balaban J connectivity index is 2.52. The fourth-order valence-electron chi connectivity index (χ4n) is 2.03. The molecule has 8 heteroatoms. The van der Waals surface area contributed by atoms with Crippen LogP contribution < -0.4 is 4.90 Å². The van der Waals surface area contributed by atoms with E-state index in [-0.39, 0.29) is 18.9 Å². The van der Waals surface area contributed by atoms with E-state index in [9.17, 15) is 23.7 Å². The van der Waals surface area contributed by atoms with Gasteiger partial charge in [-0.2, -0.15) is 0 Å². The minimum Gasteiger partial charge on any atom is -0.304 e. The van der Waals surface area contributed by atoms with Gasteiger partial charge in [0.15, 0.2) is 17.3 Å². The van der Waals surface area contributed by atoms with Crippen LogP contribution in [0.4, 0.5) is 20.2 Å². The van der Waals surface area contributed by atoms with Crippen LogP contribution in [0.2, 0.25) is 0 Å². The fourth-order valence-corrected chi connectivity index (χ4v) is 2.47. The minimum atomic E-state index is -1.36. The number of nitro benzene ring substituents is 1. The molecule has 1 aliphatic heterocycles. The third kappa shape index (κ3) is 2.44. The van der Waals surface area contributed by atoms with Crippen LogP contribution in [-0.2, 0) is 4.79 Å². The van der Waals surface area contributed by atoms with Gasteiger partial charge in [0.1, 0.15) is 0 Å². The van der Waals surface area contributed by atoms with Gasteiger partial charge in [0.25, 0.3) is 5.69 Å². The van der Waals surface area contributed by atoms with Crippen LogP contribution in [0.5, 0.6) is 0 Å². The van der Waals surface area contributed by atoms with Crippen LogP contribution in [0.25, 0.3) is 0 Å². The highest BCUT2D eigenvalue weighted by Gasteiger charge is 2.36. The molecule has 102 valence electrons. The maximum Gasteiger partial charge on any atom is 0.296 e. The molecule has 2 rings (SSSR count). The quantitative estimate of drug-likeness (QED) is 0.485.